The number of hydrogen-bond donors (Lipinski definition) is 0. The third kappa shape index (κ3) is 3.25. The SMILES string of the molecule is COc1ccc(C(=Cc2ccncc2)c2ccccc2)c2c1OC1(CCCC1)O2. The van der Waals surface area contributed by atoms with Gasteiger partial charge in [0.15, 0.2) is 11.5 Å². The van der Waals surface area contributed by atoms with E-state index in [9.17, 15) is 0 Å². The standard InChI is InChI=1S/C25H23NO3/c1-27-22-10-9-20(23-24(22)29-25(28-23)13-5-6-14-25)21(19-7-3-2-4-8-19)17-18-11-15-26-16-12-18/h2-4,7-12,15-17H,5-6,13-14H2,1H3. The molecule has 0 amide bonds. The maximum absolute atomic E-state index is 6.51. The second kappa shape index (κ2) is 7.28. The molecule has 2 aliphatic rings. The normalized spacial score (nSPS) is 16.9. The minimum Gasteiger partial charge on any atom is -0.493 e. The van der Waals surface area contributed by atoms with Gasteiger partial charge in [0.1, 0.15) is 0 Å². The topological polar surface area (TPSA) is 40.6 Å². The highest BCUT2D eigenvalue weighted by atomic mass is 16.7. The fourth-order valence-electron chi connectivity index (χ4n) is 4.19. The molecule has 1 fully saturated rings. The highest BCUT2D eigenvalue weighted by molar-refractivity contribution is 5.94. The summed E-state index contributed by atoms with van der Waals surface area (Å²) >= 11 is 0. The molecule has 5 rings (SSSR count). The molecule has 0 N–H and O–H groups in total. The lowest BCUT2D eigenvalue weighted by molar-refractivity contribution is -0.0724. The van der Waals surface area contributed by atoms with Crippen molar-refractivity contribution in [2.75, 3.05) is 7.11 Å². The minimum absolute atomic E-state index is 0.551. The summed E-state index contributed by atoms with van der Waals surface area (Å²) in [6.07, 6.45) is 9.81. The molecule has 2 aromatic carbocycles. The van der Waals surface area contributed by atoms with E-state index in [4.69, 9.17) is 14.2 Å². The number of ether oxygens (including phenoxy) is 3. The van der Waals surface area contributed by atoms with E-state index in [0.29, 0.717) is 11.5 Å². The highest BCUT2D eigenvalue weighted by Gasteiger charge is 2.46. The lowest BCUT2D eigenvalue weighted by atomic mass is 9.94. The molecule has 2 heterocycles. The Labute approximate surface area is 170 Å². The van der Waals surface area contributed by atoms with Crippen LogP contribution in [0, 0.1) is 0 Å². The number of aromatic nitrogens is 1. The van der Waals surface area contributed by atoms with E-state index in [1.54, 1.807) is 19.5 Å². The number of hydrogen-bond acceptors (Lipinski definition) is 4. The first-order valence-electron chi connectivity index (χ1n) is 10.0. The van der Waals surface area contributed by atoms with Gasteiger partial charge in [-0.1, -0.05) is 30.3 Å². The monoisotopic (exact) mass is 385 g/mol. The van der Waals surface area contributed by atoms with Gasteiger partial charge >= 0.3 is 0 Å². The molecule has 4 nitrogen and oxygen atoms in total. The van der Waals surface area contributed by atoms with Gasteiger partial charge in [0.2, 0.25) is 5.75 Å². The smallest absolute Gasteiger partial charge is 0.251 e. The fourth-order valence-corrected chi connectivity index (χ4v) is 4.19. The van der Waals surface area contributed by atoms with Gasteiger partial charge in [0.25, 0.3) is 5.79 Å². The molecule has 146 valence electrons. The summed E-state index contributed by atoms with van der Waals surface area (Å²) < 4.78 is 18.5. The molecule has 0 radical (unpaired) electrons. The summed E-state index contributed by atoms with van der Waals surface area (Å²) in [7, 11) is 1.67. The van der Waals surface area contributed by atoms with Gasteiger partial charge in [0, 0.05) is 30.8 Å². The van der Waals surface area contributed by atoms with E-state index in [1.807, 2.05) is 24.3 Å². The summed E-state index contributed by atoms with van der Waals surface area (Å²) in [6.45, 7) is 0. The van der Waals surface area contributed by atoms with Crippen LogP contribution in [0.5, 0.6) is 17.2 Å². The molecule has 4 heteroatoms. The van der Waals surface area contributed by atoms with Crippen LogP contribution in [0.25, 0.3) is 11.6 Å². The van der Waals surface area contributed by atoms with Crippen molar-refractivity contribution in [1.29, 1.82) is 0 Å². The molecule has 1 saturated carbocycles. The van der Waals surface area contributed by atoms with E-state index in [-0.39, 0.29) is 0 Å². The summed E-state index contributed by atoms with van der Waals surface area (Å²) in [4.78, 5) is 4.14. The largest absolute Gasteiger partial charge is 0.493 e. The molecule has 1 aromatic heterocycles. The molecule has 1 aliphatic carbocycles. The van der Waals surface area contributed by atoms with E-state index in [0.717, 1.165) is 53.7 Å². The summed E-state index contributed by atoms with van der Waals surface area (Å²) in [5, 5.41) is 0. The zero-order chi connectivity index (χ0) is 19.7. The van der Waals surface area contributed by atoms with Crippen LogP contribution >= 0.6 is 0 Å². The van der Waals surface area contributed by atoms with Gasteiger partial charge < -0.3 is 14.2 Å². The van der Waals surface area contributed by atoms with Crippen LogP contribution in [0.3, 0.4) is 0 Å². The predicted molar refractivity (Wildman–Crippen MR) is 113 cm³/mol. The van der Waals surface area contributed by atoms with E-state index in [1.165, 1.54) is 0 Å². The van der Waals surface area contributed by atoms with Crippen molar-refractivity contribution >= 4 is 11.6 Å². The number of nitrogens with zero attached hydrogens (tertiary/aromatic N) is 1. The second-order valence-corrected chi connectivity index (χ2v) is 7.50. The maximum atomic E-state index is 6.51. The second-order valence-electron chi connectivity index (χ2n) is 7.50. The molecule has 0 saturated heterocycles. The molecule has 1 aliphatic heterocycles. The first-order valence-corrected chi connectivity index (χ1v) is 10.0. The van der Waals surface area contributed by atoms with Gasteiger partial charge in [-0.15, -0.1) is 0 Å². The zero-order valence-electron chi connectivity index (χ0n) is 16.4. The Morgan fingerprint density at radius 1 is 0.931 bits per heavy atom. The molecule has 0 atom stereocenters. The van der Waals surface area contributed by atoms with Crippen molar-refractivity contribution in [3.8, 4) is 17.2 Å². The number of rotatable bonds is 4. The van der Waals surface area contributed by atoms with Crippen LogP contribution in [-0.4, -0.2) is 17.9 Å². The maximum Gasteiger partial charge on any atom is 0.251 e. The Kier molecular flexibility index (Phi) is 4.47. The molecule has 3 aromatic rings. The summed E-state index contributed by atoms with van der Waals surface area (Å²) in [5.41, 5.74) is 4.28. The van der Waals surface area contributed by atoms with E-state index < -0.39 is 5.79 Å². The third-order valence-corrected chi connectivity index (χ3v) is 5.63. The lowest BCUT2D eigenvalue weighted by Crippen LogP contribution is -2.34. The number of methoxy groups -OCH3 is 1. The van der Waals surface area contributed by atoms with Crippen LogP contribution in [0.1, 0.15) is 42.4 Å². The van der Waals surface area contributed by atoms with Crippen LogP contribution in [-0.2, 0) is 0 Å². The molecule has 29 heavy (non-hydrogen) atoms. The third-order valence-electron chi connectivity index (χ3n) is 5.63. The van der Waals surface area contributed by atoms with Gasteiger partial charge in [-0.2, -0.15) is 0 Å². The molecular weight excluding hydrogens is 362 g/mol. The van der Waals surface area contributed by atoms with Crippen molar-refractivity contribution in [3.05, 3.63) is 83.7 Å². The van der Waals surface area contributed by atoms with Crippen molar-refractivity contribution in [2.24, 2.45) is 0 Å². The van der Waals surface area contributed by atoms with Crippen LogP contribution in [0.15, 0.2) is 67.0 Å². The first kappa shape index (κ1) is 17.8. The van der Waals surface area contributed by atoms with Gasteiger partial charge in [-0.3, -0.25) is 4.98 Å². The Balaban J connectivity index is 1.68. The summed E-state index contributed by atoms with van der Waals surface area (Å²) in [6, 6.07) is 18.4. The van der Waals surface area contributed by atoms with Crippen molar-refractivity contribution in [3.63, 3.8) is 0 Å². The fraction of sp³-hybridized carbons (Fsp3) is 0.240. The Bertz CT molecular complexity index is 1040. The molecular formula is C25H23NO3. The van der Waals surface area contributed by atoms with Crippen molar-refractivity contribution in [2.45, 2.75) is 31.5 Å². The van der Waals surface area contributed by atoms with Gasteiger partial charge in [-0.05, 0) is 59.9 Å². The Morgan fingerprint density at radius 2 is 1.66 bits per heavy atom. The lowest BCUT2D eigenvalue weighted by Gasteiger charge is -2.22. The number of fused-ring (bicyclic) bond motifs is 1. The molecule has 0 bridgehead atoms. The zero-order valence-corrected chi connectivity index (χ0v) is 16.4. The first-order chi connectivity index (χ1) is 14.3. The Hall–Kier alpha value is -3.27. The predicted octanol–water partition coefficient (Wildman–Crippen LogP) is 5.72. The minimum atomic E-state index is -0.551. The average molecular weight is 385 g/mol. The van der Waals surface area contributed by atoms with Crippen LogP contribution in [0.2, 0.25) is 0 Å². The van der Waals surface area contributed by atoms with Crippen LogP contribution < -0.4 is 14.2 Å². The number of benzene rings is 2. The Morgan fingerprint density at radius 3 is 2.38 bits per heavy atom. The quantitative estimate of drug-likeness (QED) is 0.576. The van der Waals surface area contributed by atoms with Crippen molar-refractivity contribution in [1.82, 2.24) is 4.98 Å². The van der Waals surface area contributed by atoms with E-state index >= 15 is 0 Å². The average Bonchev–Trinajstić information content (AvgIpc) is 3.39. The van der Waals surface area contributed by atoms with Crippen molar-refractivity contribution < 1.29 is 14.2 Å². The van der Waals surface area contributed by atoms with Gasteiger partial charge in [-0.25, -0.2) is 0 Å². The number of pyridine rings is 1. The highest BCUT2D eigenvalue weighted by Crippen LogP contribution is 2.54. The van der Waals surface area contributed by atoms with Gasteiger partial charge in [0.05, 0.1) is 7.11 Å². The molecule has 1 spiro atoms. The summed E-state index contributed by atoms with van der Waals surface area (Å²) in [5.74, 6) is 1.65. The van der Waals surface area contributed by atoms with E-state index in [2.05, 4.69) is 41.4 Å². The molecule has 0 unspecified atom stereocenters. The van der Waals surface area contributed by atoms with Crippen LogP contribution in [0.4, 0.5) is 0 Å².